The van der Waals surface area contributed by atoms with E-state index in [2.05, 4.69) is 86.6 Å². The number of carbonyl (C=O) groups excluding carboxylic acids is 2. The van der Waals surface area contributed by atoms with Crippen LogP contribution in [0.1, 0.15) is 80.5 Å². The summed E-state index contributed by atoms with van der Waals surface area (Å²) in [6.07, 6.45) is 3.45. The average molecular weight is 439 g/mol. The number of benzene rings is 3. The Balaban J connectivity index is 1.46. The molecule has 1 aliphatic carbocycles. The molecule has 0 saturated heterocycles. The summed E-state index contributed by atoms with van der Waals surface area (Å²) in [5.41, 5.74) is 8.25. The number of aryl methyl sites for hydroxylation is 1. The lowest BCUT2D eigenvalue weighted by Gasteiger charge is -2.26. The van der Waals surface area contributed by atoms with Crippen LogP contribution in [-0.2, 0) is 16.0 Å². The third kappa shape index (κ3) is 5.16. The Kier molecular flexibility index (Phi) is 7.23. The fraction of sp³-hybridized carbons (Fsp3) is 0.355. The predicted octanol–water partition coefficient (Wildman–Crippen LogP) is 7.50. The van der Waals surface area contributed by atoms with Gasteiger partial charge in [-0.3, -0.25) is 9.59 Å². The highest BCUT2D eigenvalue weighted by Crippen LogP contribution is 2.49. The van der Waals surface area contributed by atoms with Crippen molar-refractivity contribution in [3.8, 4) is 11.1 Å². The van der Waals surface area contributed by atoms with Gasteiger partial charge in [-0.1, -0.05) is 86.6 Å². The van der Waals surface area contributed by atoms with Crippen molar-refractivity contribution in [3.05, 3.63) is 95.1 Å². The summed E-state index contributed by atoms with van der Waals surface area (Å²) in [5.74, 6) is 1.46. The first-order valence-corrected chi connectivity index (χ1v) is 12.3. The Labute approximate surface area is 198 Å². The molecule has 2 unspecified atom stereocenters. The van der Waals surface area contributed by atoms with E-state index in [0.717, 1.165) is 18.4 Å². The van der Waals surface area contributed by atoms with Crippen LogP contribution in [0, 0.1) is 5.92 Å². The molecule has 0 fully saturated rings. The monoisotopic (exact) mass is 438 g/mol. The highest BCUT2D eigenvalue weighted by molar-refractivity contribution is 5.97. The van der Waals surface area contributed by atoms with Crippen LogP contribution in [0.3, 0.4) is 0 Å². The quantitative estimate of drug-likeness (QED) is 0.307. The molecular weight excluding hydrogens is 404 g/mol. The van der Waals surface area contributed by atoms with Crippen LogP contribution in [0.25, 0.3) is 11.1 Å². The number of Topliss-reactive ketones (excluding diaryl/α,β-unsaturated/α-hetero) is 2. The number of hydrogen-bond donors (Lipinski definition) is 0. The van der Waals surface area contributed by atoms with Crippen LogP contribution in [-0.4, -0.2) is 11.6 Å². The molecule has 0 aliphatic heterocycles. The van der Waals surface area contributed by atoms with Crippen LogP contribution in [0.4, 0.5) is 0 Å². The zero-order valence-electron chi connectivity index (χ0n) is 20.0. The molecule has 0 radical (unpaired) electrons. The fourth-order valence-electron chi connectivity index (χ4n) is 5.54. The molecule has 3 aromatic rings. The van der Waals surface area contributed by atoms with E-state index in [1.165, 1.54) is 34.7 Å². The first kappa shape index (κ1) is 23.2. The molecule has 33 heavy (non-hydrogen) atoms. The van der Waals surface area contributed by atoms with Crippen LogP contribution < -0.4 is 0 Å². The smallest absolute Gasteiger partial charge is 0.140 e. The van der Waals surface area contributed by atoms with E-state index in [-0.39, 0.29) is 18.0 Å². The molecule has 1 aliphatic rings. The second kappa shape index (κ2) is 10.3. The van der Waals surface area contributed by atoms with Gasteiger partial charge in [0.05, 0.1) is 6.42 Å². The first-order chi connectivity index (χ1) is 16.0. The molecule has 0 amide bonds. The second-order valence-corrected chi connectivity index (χ2v) is 9.63. The minimum Gasteiger partial charge on any atom is -0.300 e. The lowest BCUT2D eigenvalue weighted by Crippen LogP contribution is -2.13. The standard InChI is InChI=1S/C31H34O2/c1-4-24(25-16-13-23(14-17-25)15-18-26(33)20-22(3)32)19-21(2)31-29-11-7-5-9-27(29)28-10-6-8-12-30(28)31/h5-14,16-17,21,24,31H,4,15,18-20H2,1-3H3. The second-order valence-electron chi connectivity index (χ2n) is 9.63. The van der Waals surface area contributed by atoms with Crippen molar-refractivity contribution >= 4 is 11.6 Å². The maximum Gasteiger partial charge on any atom is 0.140 e. The van der Waals surface area contributed by atoms with Gasteiger partial charge in [0.2, 0.25) is 0 Å². The summed E-state index contributed by atoms with van der Waals surface area (Å²) >= 11 is 0. The van der Waals surface area contributed by atoms with E-state index >= 15 is 0 Å². The molecule has 2 atom stereocenters. The lowest BCUT2D eigenvalue weighted by molar-refractivity contribution is -0.125. The van der Waals surface area contributed by atoms with Crippen molar-refractivity contribution < 1.29 is 9.59 Å². The molecule has 0 N–H and O–H groups in total. The van der Waals surface area contributed by atoms with E-state index in [1.54, 1.807) is 0 Å². The Bertz CT molecular complexity index is 1080. The SMILES string of the molecule is CCC(CC(C)C1c2ccccc2-c2ccccc21)c1ccc(CCC(=O)CC(C)=O)cc1. The lowest BCUT2D eigenvalue weighted by atomic mass is 9.78. The van der Waals surface area contributed by atoms with Crippen molar-refractivity contribution in [3.63, 3.8) is 0 Å². The van der Waals surface area contributed by atoms with Gasteiger partial charge >= 0.3 is 0 Å². The number of ketones is 2. The Morgan fingerprint density at radius 2 is 1.42 bits per heavy atom. The Morgan fingerprint density at radius 1 is 0.848 bits per heavy atom. The van der Waals surface area contributed by atoms with Crippen LogP contribution in [0.5, 0.6) is 0 Å². The number of fused-ring (bicyclic) bond motifs is 3. The number of carbonyl (C=O) groups is 2. The molecule has 4 rings (SSSR count). The van der Waals surface area contributed by atoms with E-state index in [9.17, 15) is 9.59 Å². The zero-order valence-corrected chi connectivity index (χ0v) is 20.0. The van der Waals surface area contributed by atoms with Gasteiger partial charge in [0.25, 0.3) is 0 Å². The summed E-state index contributed by atoms with van der Waals surface area (Å²) in [7, 11) is 0. The van der Waals surface area contributed by atoms with E-state index in [4.69, 9.17) is 0 Å². The normalized spacial score (nSPS) is 14.4. The molecule has 3 aromatic carbocycles. The van der Waals surface area contributed by atoms with Crippen LogP contribution >= 0.6 is 0 Å². The summed E-state index contributed by atoms with van der Waals surface area (Å²) in [5, 5.41) is 0. The average Bonchev–Trinajstić information content (AvgIpc) is 3.16. The third-order valence-corrected chi connectivity index (χ3v) is 7.19. The molecule has 0 heterocycles. The molecule has 0 bridgehead atoms. The largest absolute Gasteiger partial charge is 0.300 e. The number of hydrogen-bond acceptors (Lipinski definition) is 2. The molecule has 2 nitrogen and oxygen atoms in total. The van der Waals surface area contributed by atoms with Gasteiger partial charge in [-0.15, -0.1) is 0 Å². The Hall–Kier alpha value is -3.00. The topological polar surface area (TPSA) is 34.1 Å². The van der Waals surface area contributed by atoms with Crippen molar-refractivity contribution in [1.82, 2.24) is 0 Å². The predicted molar refractivity (Wildman–Crippen MR) is 136 cm³/mol. The van der Waals surface area contributed by atoms with Gasteiger partial charge in [0.15, 0.2) is 0 Å². The van der Waals surface area contributed by atoms with Gasteiger partial charge in [0, 0.05) is 12.3 Å². The highest BCUT2D eigenvalue weighted by atomic mass is 16.1. The van der Waals surface area contributed by atoms with Crippen LogP contribution in [0.2, 0.25) is 0 Å². The minimum absolute atomic E-state index is 0.0314. The maximum atomic E-state index is 11.8. The third-order valence-electron chi connectivity index (χ3n) is 7.19. The molecule has 0 aromatic heterocycles. The zero-order chi connectivity index (χ0) is 23.4. The molecule has 0 saturated carbocycles. The molecule has 170 valence electrons. The molecule has 0 spiro atoms. The van der Waals surface area contributed by atoms with Crippen molar-refractivity contribution in [1.29, 1.82) is 0 Å². The Morgan fingerprint density at radius 3 is 1.97 bits per heavy atom. The van der Waals surface area contributed by atoms with Gasteiger partial charge < -0.3 is 0 Å². The van der Waals surface area contributed by atoms with E-state index < -0.39 is 0 Å². The summed E-state index contributed by atoms with van der Waals surface area (Å²) < 4.78 is 0. The van der Waals surface area contributed by atoms with Gasteiger partial charge in [-0.25, -0.2) is 0 Å². The molecule has 2 heteroatoms. The summed E-state index contributed by atoms with van der Waals surface area (Å²) in [4.78, 5) is 23.0. The van der Waals surface area contributed by atoms with Gasteiger partial charge in [0.1, 0.15) is 11.6 Å². The first-order valence-electron chi connectivity index (χ1n) is 12.3. The molecular formula is C31H34O2. The van der Waals surface area contributed by atoms with E-state index in [1.807, 2.05) is 0 Å². The fourth-order valence-corrected chi connectivity index (χ4v) is 5.54. The maximum absolute atomic E-state index is 11.8. The van der Waals surface area contributed by atoms with E-state index in [0.29, 0.717) is 30.6 Å². The summed E-state index contributed by atoms with van der Waals surface area (Å²) in [6, 6.07) is 26.6. The minimum atomic E-state index is -0.0530. The number of rotatable bonds is 10. The van der Waals surface area contributed by atoms with Crippen molar-refractivity contribution in [2.75, 3.05) is 0 Å². The summed E-state index contributed by atoms with van der Waals surface area (Å²) in [6.45, 7) is 6.16. The van der Waals surface area contributed by atoms with Crippen molar-refractivity contribution in [2.24, 2.45) is 5.92 Å². The highest BCUT2D eigenvalue weighted by Gasteiger charge is 2.32. The van der Waals surface area contributed by atoms with Crippen LogP contribution in [0.15, 0.2) is 72.8 Å². The van der Waals surface area contributed by atoms with Gasteiger partial charge in [-0.05, 0) is 71.4 Å². The van der Waals surface area contributed by atoms with Gasteiger partial charge in [-0.2, -0.15) is 0 Å². The van der Waals surface area contributed by atoms with Crippen molar-refractivity contribution in [2.45, 2.75) is 64.7 Å².